The van der Waals surface area contributed by atoms with Crippen LogP contribution in [0.15, 0.2) is 18.2 Å². The highest BCUT2D eigenvalue weighted by Crippen LogP contribution is 2.15. The number of carbonyl (C=O) groups is 1. The third kappa shape index (κ3) is 7.10. The van der Waals surface area contributed by atoms with Gasteiger partial charge in [0, 0.05) is 13.1 Å². The molecule has 0 fully saturated rings. The van der Waals surface area contributed by atoms with E-state index in [4.69, 9.17) is 0 Å². The molecule has 1 aromatic carbocycles. The van der Waals surface area contributed by atoms with Crippen molar-refractivity contribution in [1.82, 2.24) is 4.90 Å². The van der Waals surface area contributed by atoms with E-state index in [9.17, 15) is 13.6 Å². The van der Waals surface area contributed by atoms with Crippen molar-refractivity contribution in [2.24, 2.45) is 0 Å². The van der Waals surface area contributed by atoms with Crippen LogP contribution in [0.2, 0.25) is 0 Å². The zero-order valence-electron chi connectivity index (χ0n) is 14.4. The number of unbranched alkanes of at least 4 members (excludes halogenated alkanes) is 6. The fourth-order valence-electron chi connectivity index (χ4n) is 2.61. The summed E-state index contributed by atoms with van der Waals surface area (Å²) in [5.74, 6) is -1.62. The van der Waals surface area contributed by atoms with Crippen molar-refractivity contribution < 1.29 is 13.6 Å². The molecule has 0 bridgehead atoms. The van der Waals surface area contributed by atoms with E-state index in [1.807, 2.05) is 0 Å². The largest absolute Gasteiger partial charge is 0.339 e. The second kappa shape index (κ2) is 11.1. The van der Waals surface area contributed by atoms with Gasteiger partial charge in [0.25, 0.3) is 5.91 Å². The molecule has 0 spiro atoms. The molecule has 0 aliphatic heterocycles. The first-order valence-electron chi connectivity index (χ1n) is 8.84. The van der Waals surface area contributed by atoms with Gasteiger partial charge in [0.15, 0.2) is 0 Å². The summed E-state index contributed by atoms with van der Waals surface area (Å²) >= 11 is 0. The second-order valence-electron chi connectivity index (χ2n) is 6.04. The number of nitrogens with zero attached hydrogens (tertiary/aromatic N) is 1. The molecule has 0 aromatic heterocycles. The van der Waals surface area contributed by atoms with Gasteiger partial charge in [-0.3, -0.25) is 4.79 Å². The summed E-state index contributed by atoms with van der Waals surface area (Å²) in [6, 6.07) is 3.07. The van der Waals surface area contributed by atoms with Gasteiger partial charge >= 0.3 is 0 Å². The Balaban J connectivity index is 2.71. The Morgan fingerprint density at radius 3 is 2.00 bits per heavy atom. The van der Waals surface area contributed by atoms with Crippen LogP contribution in [0.4, 0.5) is 8.78 Å². The average Bonchev–Trinajstić information content (AvgIpc) is 2.55. The Bertz CT molecular complexity index is 464. The maximum atomic E-state index is 13.9. The van der Waals surface area contributed by atoms with Crippen LogP contribution in [0.5, 0.6) is 0 Å². The normalized spacial score (nSPS) is 10.8. The molecule has 23 heavy (non-hydrogen) atoms. The molecule has 4 heteroatoms. The molecule has 0 heterocycles. The van der Waals surface area contributed by atoms with Gasteiger partial charge in [0.05, 0.1) is 5.56 Å². The molecule has 1 aromatic rings. The van der Waals surface area contributed by atoms with Crippen molar-refractivity contribution in [2.45, 2.75) is 65.2 Å². The van der Waals surface area contributed by atoms with Gasteiger partial charge in [0.2, 0.25) is 0 Å². The minimum absolute atomic E-state index is 0.156. The van der Waals surface area contributed by atoms with Crippen LogP contribution in [0.1, 0.15) is 75.6 Å². The van der Waals surface area contributed by atoms with Gasteiger partial charge in [-0.2, -0.15) is 0 Å². The molecular formula is C19H29F2NO. The lowest BCUT2D eigenvalue weighted by Gasteiger charge is -2.23. The van der Waals surface area contributed by atoms with Crippen molar-refractivity contribution in [3.63, 3.8) is 0 Å². The number of rotatable bonds is 11. The lowest BCUT2D eigenvalue weighted by molar-refractivity contribution is 0.0744. The van der Waals surface area contributed by atoms with E-state index >= 15 is 0 Å². The summed E-state index contributed by atoms with van der Waals surface area (Å²) in [4.78, 5) is 14.2. The van der Waals surface area contributed by atoms with Crippen molar-refractivity contribution in [1.29, 1.82) is 0 Å². The lowest BCUT2D eigenvalue weighted by Crippen LogP contribution is -2.33. The summed E-state index contributed by atoms with van der Waals surface area (Å²) in [6.45, 7) is 5.49. The zero-order chi connectivity index (χ0) is 17.1. The number of halogens is 2. The van der Waals surface area contributed by atoms with Gasteiger partial charge in [-0.25, -0.2) is 8.78 Å². The molecule has 2 nitrogen and oxygen atoms in total. The number of amides is 1. The monoisotopic (exact) mass is 325 g/mol. The zero-order valence-corrected chi connectivity index (χ0v) is 14.4. The maximum Gasteiger partial charge on any atom is 0.256 e. The summed E-state index contributed by atoms with van der Waals surface area (Å²) in [6.07, 6.45) is 8.45. The molecule has 1 amide bonds. The Hall–Kier alpha value is -1.45. The average molecular weight is 325 g/mol. The van der Waals surface area contributed by atoms with Gasteiger partial charge in [-0.05, 0) is 31.0 Å². The molecule has 0 atom stereocenters. The predicted molar refractivity (Wildman–Crippen MR) is 90.5 cm³/mol. The van der Waals surface area contributed by atoms with E-state index < -0.39 is 17.5 Å². The number of carbonyl (C=O) groups excluding carboxylic acids is 1. The van der Waals surface area contributed by atoms with Crippen LogP contribution in [0.3, 0.4) is 0 Å². The minimum Gasteiger partial charge on any atom is -0.339 e. The molecule has 0 saturated carbocycles. The Morgan fingerprint density at radius 1 is 0.913 bits per heavy atom. The van der Waals surface area contributed by atoms with E-state index in [1.54, 1.807) is 4.90 Å². The summed E-state index contributed by atoms with van der Waals surface area (Å²) in [5.41, 5.74) is -0.156. The van der Waals surface area contributed by atoms with Crippen LogP contribution in [-0.2, 0) is 0 Å². The molecule has 0 aliphatic rings. The van der Waals surface area contributed by atoms with Crippen LogP contribution in [0, 0.1) is 11.6 Å². The van der Waals surface area contributed by atoms with Crippen LogP contribution in [0.25, 0.3) is 0 Å². The second-order valence-corrected chi connectivity index (χ2v) is 6.04. The molecule has 0 radical (unpaired) electrons. The van der Waals surface area contributed by atoms with Crippen LogP contribution >= 0.6 is 0 Å². The topological polar surface area (TPSA) is 20.3 Å². The van der Waals surface area contributed by atoms with E-state index in [0.717, 1.165) is 69.6 Å². The minimum atomic E-state index is -0.650. The van der Waals surface area contributed by atoms with Crippen molar-refractivity contribution in [3.8, 4) is 0 Å². The SMILES string of the molecule is CCCCCCN(CCCCCC)C(=O)c1cc(F)ccc1F. The van der Waals surface area contributed by atoms with Crippen LogP contribution < -0.4 is 0 Å². The van der Waals surface area contributed by atoms with Crippen molar-refractivity contribution >= 4 is 5.91 Å². The van der Waals surface area contributed by atoms with Crippen molar-refractivity contribution in [3.05, 3.63) is 35.4 Å². The van der Waals surface area contributed by atoms with Gasteiger partial charge in [-0.15, -0.1) is 0 Å². The highest BCUT2D eigenvalue weighted by Gasteiger charge is 2.19. The quantitative estimate of drug-likeness (QED) is 0.487. The number of hydrogen-bond acceptors (Lipinski definition) is 1. The molecule has 0 saturated heterocycles. The van der Waals surface area contributed by atoms with E-state index in [2.05, 4.69) is 13.8 Å². The molecule has 1 rings (SSSR count). The Morgan fingerprint density at radius 2 is 1.48 bits per heavy atom. The van der Waals surface area contributed by atoms with E-state index in [0.29, 0.717) is 13.1 Å². The highest BCUT2D eigenvalue weighted by atomic mass is 19.1. The Kier molecular flexibility index (Phi) is 9.49. The smallest absolute Gasteiger partial charge is 0.256 e. The number of hydrogen-bond donors (Lipinski definition) is 0. The molecular weight excluding hydrogens is 296 g/mol. The fourth-order valence-corrected chi connectivity index (χ4v) is 2.61. The Labute approximate surface area is 138 Å². The fraction of sp³-hybridized carbons (Fsp3) is 0.632. The maximum absolute atomic E-state index is 13.9. The highest BCUT2D eigenvalue weighted by molar-refractivity contribution is 5.94. The van der Waals surface area contributed by atoms with Crippen molar-refractivity contribution in [2.75, 3.05) is 13.1 Å². The first-order chi connectivity index (χ1) is 11.1. The third-order valence-corrected chi connectivity index (χ3v) is 4.01. The van der Waals surface area contributed by atoms with E-state index in [-0.39, 0.29) is 5.56 Å². The molecule has 0 aliphatic carbocycles. The molecule has 0 unspecified atom stereocenters. The predicted octanol–water partition coefficient (Wildman–Crippen LogP) is 5.57. The van der Waals surface area contributed by atoms with Gasteiger partial charge in [0.1, 0.15) is 11.6 Å². The van der Waals surface area contributed by atoms with Gasteiger partial charge < -0.3 is 4.90 Å². The van der Waals surface area contributed by atoms with Crippen LogP contribution in [-0.4, -0.2) is 23.9 Å². The third-order valence-electron chi connectivity index (χ3n) is 4.01. The van der Waals surface area contributed by atoms with Gasteiger partial charge in [-0.1, -0.05) is 52.4 Å². The summed E-state index contributed by atoms with van der Waals surface area (Å²) in [5, 5.41) is 0. The lowest BCUT2D eigenvalue weighted by atomic mass is 10.1. The standard InChI is InChI=1S/C19H29F2NO/c1-3-5-7-9-13-22(14-10-8-6-4-2)19(23)17-15-16(20)11-12-18(17)21/h11-12,15H,3-10,13-14H2,1-2H3. The summed E-state index contributed by atoms with van der Waals surface area (Å²) < 4.78 is 27.2. The summed E-state index contributed by atoms with van der Waals surface area (Å²) in [7, 11) is 0. The van der Waals surface area contributed by atoms with E-state index in [1.165, 1.54) is 0 Å². The number of benzene rings is 1. The molecule has 130 valence electrons. The first-order valence-corrected chi connectivity index (χ1v) is 8.84. The first kappa shape index (κ1) is 19.6. The molecule has 0 N–H and O–H groups in total.